The summed E-state index contributed by atoms with van der Waals surface area (Å²) in [5, 5.41) is 0. The number of benzene rings is 3. The number of hydrazine groups is 1. The Kier molecular flexibility index (Phi) is 5.98. The summed E-state index contributed by atoms with van der Waals surface area (Å²) in [5.74, 6) is 3.84. The van der Waals surface area contributed by atoms with Crippen LogP contribution in [-0.4, -0.2) is 34.4 Å². The Hall–Kier alpha value is -3.78. The van der Waals surface area contributed by atoms with Crippen LogP contribution in [0, 0.1) is 5.92 Å². The highest BCUT2D eigenvalue weighted by Crippen LogP contribution is 2.51. The third-order valence-electron chi connectivity index (χ3n) is 6.28. The highest BCUT2D eigenvalue weighted by molar-refractivity contribution is 5.60. The molecule has 0 spiro atoms. The van der Waals surface area contributed by atoms with Gasteiger partial charge in [-0.3, -0.25) is 0 Å². The van der Waals surface area contributed by atoms with Crippen molar-refractivity contribution in [1.29, 1.82) is 0 Å². The van der Waals surface area contributed by atoms with Crippen LogP contribution in [0.25, 0.3) is 0 Å². The monoisotopic (exact) mass is 464 g/mol. The number of hydrogen-bond donors (Lipinski definition) is 2. The summed E-state index contributed by atoms with van der Waals surface area (Å²) in [5.41, 5.74) is 9.57. The Bertz CT molecular complexity index is 1140. The largest absolute Gasteiger partial charge is 0.493 e. The molecule has 5 rings (SSSR count). The number of fused-ring (bicyclic) bond motifs is 2. The molecular weight excluding hydrogens is 436 g/mol. The Morgan fingerprint density at radius 3 is 2.15 bits per heavy atom. The highest BCUT2D eigenvalue weighted by atomic mass is 16.7. The molecule has 34 heavy (non-hydrogen) atoms. The Balaban J connectivity index is 1.57. The smallest absolute Gasteiger partial charge is 0.231 e. The van der Waals surface area contributed by atoms with E-state index in [1.807, 2.05) is 54.6 Å². The Morgan fingerprint density at radius 2 is 1.50 bits per heavy atom. The van der Waals surface area contributed by atoms with Gasteiger partial charge in [0, 0.05) is 29.2 Å². The first kappa shape index (κ1) is 22.0. The van der Waals surface area contributed by atoms with Crippen molar-refractivity contribution in [3.05, 3.63) is 65.7 Å². The molecule has 0 unspecified atom stereocenters. The summed E-state index contributed by atoms with van der Waals surface area (Å²) in [6, 6.07) is 17.8. The highest BCUT2D eigenvalue weighted by Gasteiger charge is 2.39. The minimum Gasteiger partial charge on any atom is -0.493 e. The van der Waals surface area contributed by atoms with Gasteiger partial charge >= 0.3 is 0 Å². The maximum atomic E-state index is 6.40. The molecule has 0 bridgehead atoms. The molecule has 0 saturated heterocycles. The average Bonchev–Trinajstić information content (AvgIpc) is 3.33. The van der Waals surface area contributed by atoms with Crippen LogP contribution in [-0.2, 0) is 0 Å². The number of rotatable bonds is 7. The molecule has 2 N–H and O–H groups in total. The molecule has 0 fully saturated rings. The van der Waals surface area contributed by atoms with Gasteiger partial charge in [0.2, 0.25) is 12.5 Å². The zero-order chi connectivity index (χ0) is 23.7. The minimum atomic E-state index is -0.336. The van der Waals surface area contributed by atoms with E-state index >= 15 is 0 Å². The van der Waals surface area contributed by atoms with E-state index in [0.29, 0.717) is 28.7 Å². The van der Waals surface area contributed by atoms with Gasteiger partial charge in [-0.25, -0.2) is 0 Å². The van der Waals surface area contributed by atoms with Crippen LogP contribution < -0.4 is 39.3 Å². The number of anilines is 1. The third kappa shape index (κ3) is 3.90. The van der Waals surface area contributed by atoms with Crippen LogP contribution >= 0.6 is 0 Å². The molecule has 8 nitrogen and oxygen atoms in total. The lowest BCUT2D eigenvalue weighted by Crippen LogP contribution is -2.47. The summed E-state index contributed by atoms with van der Waals surface area (Å²) in [7, 11) is 4.84. The SMILES string of the molecule is COc1cc([C@H]2c3cc4c(cc3O[C@@H](NNc3ccccc3)[C@@H]2C)OCO4)cc(OC)c1OC. The van der Waals surface area contributed by atoms with E-state index < -0.39 is 0 Å². The zero-order valence-electron chi connectivity index (χ0n) is 19.6. The van der Waals surface area contributed by atoms with Crippen molar-refractivity contribution in [2.24, 2.45) is 5.92 Å². The van der Waals surface area contributed by atoms with Crippen molar-refractivity contribution < 1.29 is 28.4 Å². The molecule has 3 atom stereocenters. The predicted octanol–water partition coefficient (Wildman–Crippen LogP) is 4.54. The van der Waals surface area contributed by atoms with Gasteiger partial charge in [-0.1, -0.05) is 25.1 Å². The number of nitrogens with one attached hydrogen (secondary N) is 2. The van der Waals surface area contributed by atoms with Crippen LogP contribution in [0.15, 0.2) is 54.6 Å². The van der Waals surface area contributed by atoms with Crippen molar-refractivity contribution in [3.63, 3.8) is 0 Å². The molecule has 2 aliphatic heterocycles. The molecule has 3 aromatic rings. The molecule has 3 aromatic carbocycles. The molecule has 0 amide bonds. The molecule has 2 heterocycles. The summed E-state index contributed by atoms with van der Waals surface area (Å²) in [6.45, 7) is 2.34. The second-order valence-electron chi connectivity index (χ2n) is 8.21. The second kappa shape index (κ2) is 9.23. The molecule has 0 aliphatic carbocycles. The van der Waals surface area contributed by atoms with E-state index in [4.69, 9.17) is 28.4 Å². The van der Waals surface area contributed by atoms with Gasteiger partial charge in [0.15, 0.2) is 29.2 Å². The third-order valence-corrected chi connectivity index (χ3v) is 6.28. The van der Waals surface area contributed by atoms with E-state index in [1.54, 1.807) is 21.3 Å². The van der Waals surface area contributed by atoms with Gasteiger partial charge in [0.25, 0.3) is 0 Å². The fraction of sp³-hybridized carbons (Fsp3) is 0.308. The van der Waals surface area contributed by atoms with E-state index in [9.17, 15) is 0 Å². The first-order chi connectivity index (χ1) is 16.6. The maximum Gasteiger partial charge on any atom is 0.231 e. The van der Waals surface area contributed by atoms with E-state index in [2.05, 4.69) is 17.8 Å². The second-order valence-corrected chi connectivity index (χ2v) is 8.21. The van der Waals surface area contributed by atoms with Crippen LogP contribution in [0.1, 0.15) is 24.0 Å². The zero-order valence-corrected chi connectivity index (χ0v) is 19.6. The van der Waals surface area contributed by atoms with Crippen molar-refractivity contribution >= 4 is 5.69 Å². The van der Waals surface area contributed by atoms with Crippen molar-refractivity contribution in [2.75, 3.05) is 33.5 Å². The molecule has 178 valence electrons. The van der Waals surface area contributed by atoms with Crippen molar-refractivity contribution in [2.45, 2.75) is 19.1 Å². The molecule has 0 aromatic heterocycles. The topological polar surface area (TPSA) is 79.4 Å². The van der Waals surface area contributed by atoms with Gasteiger partial charge in [0.1, 0.15) is 5.75 Å². The van der Waals surface area contributed by atoms with Crippen molar-refractivity contribution in [3.8, 4) is 34.5 Å². The number of para-hydroxylation sites is 1. The number of ether oxygens (including phenoxy) is 6. The Labute approximate surface area is 198 Å². The summed E-state index contributed by atoms with van der Waals surface area (Å²) in [6.07, 6.45) is -0.336. The molecular formula is C26H28N2O6. The first-order valence-corrected chi connectivity index (χ1v) is 11.1. The lowest BCUT2D eigenvalue weighted by atomic mass is 9.78. The van der Waals surface area contributed by atoms with Crippen molar-refractivity contribution in [1.82, 2.24) is 5.43 Å². The molecule has 0 saturated carbocycles. The van der Waals surface area contributed by atoms with Gasteiger partial charge in [0.05, 0.1) is 21.3 Å². The van der Waals surface area contributed by atoms with E-state index in [1.165, 1.54) is 0 Å². The minimum absolute atomic E-state index is 0.0203. The predicted molar refractivity (Wildman–Crippen MR) is 127 cm³/mol. The summed E-state index contributed by atoms with van der Waals surface area (Å²) in [4.78, 5) is 0. The lowest BCUT2D eigenvalue weighted by Gasteiger charge is -2.39. The van der Waals surface area contributed by atoms with Gasteiger partial charge in [-0.15, -0.1) is 0 Å². The maximum absolute atomic E-state index is 6.40. The fourth-order valence-corrected chi connectivity index (χ4v) is 4.59. The average molecular weight is 465 g/mol. The van der Waals surface area contributed by atoms with Gasteiger partial charge in [-0.05, 0) is 35.9 Å². The quantitative estimate of drug-likeness (QED) is 0.494. The van der Waals surface area contributed by atoms with Crippen LogP contribution in [0.5, 0.6) is 34.5 Å². The van der Waals surface area contributed by atoms with Crippen LogP contribution in [0.2, 0.25) is 0 Å². The van der Waals surface area contributed by atoms with Gasteiger partial charge < -0.3 is 33.8 Å². The fourth-order valence-electron chi connectivity index (χ4n) is 4.59. The van der Waals surface area contributed by atoms with Gasteiger partial charge in [-0.2, -0.15) is 5.43 Å². The summed E-state index contributed by atoms with van der Waals surface area (Å²) >= 11 is 0. The van der Waals surface area contributed by atoms with Crippen LogP contribution in [0.4, 0.5) is 5.69 Å². The molecule has 2 aliphatic rings. The van der Waals surface area contributed by atoms with E-state index in [-0.39, 0.29) is 24.9 Å². The van der Waals surface area contributed by atoms with E-state index in [0.717, 1.165) is 22.6 Å². The number of hydrogen-bond acceptors (Lipinski definition) is 8. The number of methoxy groups -OCH3 is 3. The molecule has 8 heteroatoms. The Morgan fingerprint density at radius 1 is 0.824 bits per heavy atom. The lowest BCUT2D eigenvalue weighted by molar-refractivity contribution is 0.0862. The van der Waals surface area contributed by atoms with Crippen LogP contribution in [0.3, 0.4) is 0 Å². The normalized spacial score (nSPS) is 20.2. The standard InChI is InChI=1S/C26H28N2O6/c1-15-24(16-10-22(29-2)25(31-4)23(11-16)30-3)18-12-20-21(33-14-32-20)13-19(18)34-26(15)28-27-17-8-6-5-7-9-17/h5-13,15,24,26-28H,14H2,1-4H3/t15-,24+,26-/m1/s1. The molecule has 0 radical (unpaired) electrons. The summed E-state index contributed by atoms with van der Waals surface area (Å²) < 4.78 is 34.5. The first-order valence-electron chi connectivity index (χ1n) is 11.1.